The van der Waals surface area contributed by atoms with Crippen LogP contribution in [0.5, 0.6) is 5.75 Å². The van der Waals surface area contributed by atoms with Gasteiger partial charge in [0, 0.05) is 44.0 Å². The van der Waals surface area contributed by atoms with Crippen LogP contribution in [-0.2, 0) is 12.8 Å². The van der Waals surface area contributed by atoms with Crippen molar-refractivity contribution in [3.63, 3.8) is 0 Å². The van der Waals surface area contributed by atoms with Crippen molar-refractivity contribution >= 4 is 88.4 Å². The largest absolute Gasteiger partial charge is 0.505 e. The Bertz CT molecular complexity index is 4630. The number of hydrogen-bond acceptors (Lipinski definition) is 4. The molecule has 0 aliphatic heterocycles. The Morgan fingerprint density at radius 3 is 1.40 bits per heavy atom. The number of benzene rings is 12. The minimum atomic E-state index is 0.258. The van der Waals surface area contributed by atoms with Crippen LogP contribution in [0.25, 0.3) is 87.6 Å². The lowest BCUT2D eigenvalue weighted by molar-refractivity contribution is 0.478. The highest BCUT2D eigenvalue weighted by Gasteiger charge is 2.32. The van der Waals surface area contributed by atoms with Gasteiger partial charge in [-0.3, -0.25) is 0 Å². The van der Waals surface area contributed by atoms with E-state index in [4.69, 9.17) is 4.42 Å². The molecule has 2 saturated carbocycles. The van der Waals surface area contributed by atoms with Crippen LogP contribution in [0.1, 0.15) is 110 Å². The molecule has 2 fully saturated rings. The molecule has 4 heteroatoms. The molecule has 0 spiro atoms. The SMILES string of the molecule is CCc1ccccc1-c1cccc(-c2cccc(N(c3ccc(C)cc3)c3cc(C4CCCC4)c4ccc5c(N(c6ccc(C)cc6)c6cccc7c6oc6c(-c8ccccc8CC)cccc67)cc(C6CCCC6)c6ccc3c4c65)c2O)c1. The van der Waals surface area contributed by atoms with Crippen LogP contribution in [0, 0.1) is 13.8 Å². The number of rotatable bonds is 13. The summed E-state index contributed by atoms with van der Waals surface area (Å²) in [5.74, 6) is 1.08. The van der Waals surface area contributed by atoms with Crippen molar-refractivity contribution in [2.24, 2.45) is 0 Å². The zero-order valence-electron chi connectivity index (χ0n) is 48.7. The number of aromatic hydroxyl groups is 1. The third-order valence-corrected chi connectivity index (χ3v) is 19.1. The Balaban J connectivity index is 1.01. The molecule has 0 saturated heterocycles. The molecule has 0 amide bonds. The Kier molecular flexibility index (Phi) is 13.1. The maximum Gasteiger partial charge on any atom is 0.159 e. The average molecular weight is 1090 g/mol. The lowest BCUT2D eigenvalue weighted by Crippen LogP contribution is -2.13. The highest BCUT2D eigenvalue weighted by atomic mass is 16.3. The standard InChI is InChI=1S/C80H70N2O2/c1-5-52-19-11-13-27-60(52)56-25-15-26-57(47-56)62-29-17-33-72(78(62)83)81(58-39-35-50(3)36-40-58)74-48-70(54-21-7-8-22-54)63-44-46-69-75(49-71(55-23-9-10-24-55)64-43-45-68(74)76(63)77(64)69)82(59-41-37-51(4)38-42-59)73-34-18-32-67-66-31-16-30-65(79(66)84-80(67)73)61-28-14-12-20-53(61)6-2/h11-20,25-49,54-55,83H,5-10,21-24H2,1-4H3. The van der Waals surface area contributed by atoms with Crippen molar-refractivity contribution in [1.29, 1.82) is 0 Å². The topological polar surface area (TPSA) is 39.9 Å². The Hall–Kier alpha value is -9.12. The normalized spacial score (nSPS) is 14.1. The van der Waals surface area contributed by atoms with Crippen molar-refractivity contribution in [3.05, 3.63) is 246 Å². The van der Waals surface area contributed by atoms with E-state index < -0.39 is 0 Å². The molecular formula is C80H70N2O2. The van der Waals surface area contributed by atoms with Gasteiger partial charge in [-0.2, -0.15) is 0 Å². The van der Waals surface area contributed by atoms with Crippen LogP contribution >= 0.6 is 0 Å². The number of furan rings is 1. The van der Waals surface area contributed by atoms with Gasteiger partial charge in [0.2, 0.25) is 0 Å². The quantitative estimate of drug-likeness (QED) is 0.117. The van der Waals surface area contributed by atoms with Gasteiger partial charge in [0.15, 0.2) is 5.58 Å². The molecule has 12 aromatic carbocycles. The third kappa shape index (κ3) is 8.63. The molecule has 84 heavy (non-hydrogen) atoms. The zero-order chi connectivity index (χ0) is 56.6. The van der Waals surface area contributed by atoms with Crippen LogP contribution in [0.2, 0.25) is 0 Å². The minimum Gasteiger partial charge on any atom is -0.505 e. The lowest BCUT2D eigenvalue weighted by Gasteiger charge is -2.32. The van der Waals surface area contributed by atoms with Crippen molar-refractivity contribution in [3.8, 4) is 39.1 Å². The van der Waals surface area contributed by atoms with Gasteiger partial charge in [-0.25, -0.2) is 0 Å². The van der Waals surface area contributed by atoms with E-state index in [0.29, 0.717) is 11.8 Å². The number of anilines is 6. The molecule has 13 aromatic rings. The number of para-hydroxylation sites is 3. The molecule has 0 bridgehead atoms. The molecular weight excluding hydrogens is 1020 g/mol. The molecule has 0 radical (unpaired) electrons. The molecule has 2 aliphatic rings. The molecule has 1 aromatic heterocycles. The van der Waals surface area contributed by atoms with E-state index in [1.54, 1.807) is 0 Å². The number of aryl methyl sites for hydroxylation is 4. The van der Waals surface area contributed by atoms with Crippen LogP contribution in [0.4, 0.5) is 34.1 Å². The molecule has 15 rings (SSSR count). The number of phenols is 1. The van der Waals surface area contributed by atoms with Gasteiger partial charge in [0.1, 0.15) is 11.3 Å². The number of nitrogens with zero attached hydrogens (tertiary/aromatic N) is 2. The summed E-state index contributed by atoms with van der Waals surface area (Å²) >= 11 is 0. The second kappa shape index (κ2) is 21.3. The summed E-state index contributed by atoms with van der Waals surface area (Å²) in [6.07, 6.45) is 11.4. The highest BCUT2D eigenvalue weighted by molar-refractivity contribution is 6.30. The summed E-state index contributed by atoms with van der Waals surface area (Å²) in [4.78, 5) is 4.89. The van der Waals surface area contributed by atoms with Crippen LogP contribution < -0.4 is 9.80 Å². The van der Waals surface area contributed by atoms with Crippen molar-refractivity contribution in [2.45, 2.75) is 104 Å². The predicted molar refractivity (Wildman–Crippen MR) is 355 cm³/mol. The molecule has 2 aliphatic carbocycles. The van der Waals surface area contributed by atoms with Crippen LogP contribution in [0.15, 0.2) is 217 Å². The highest BCUT2D eigenvalue weighted by Crippen LogP contribution is 2.56. The predicted octanol–water partition coefficient (Wildman–Crippen LogP) is 23.2. The monoisotopic (exact) mass is 1090 g/mol. The minimum absolute atomic E-state index is 0.258. The van der Waals surface area contributed by atoms with E-state index >= 15 is 0 Å². The van der Waals surface area contributed by atoms with E-state index in [0.717, 1.165) is 104 Å². The summed E-state index contributed by atoms with van der Waals surface area (Å²) in [5.41, 5.74) is 22.2. The summed E-state index contributed by atoms with van der Waals surface area (Å²) < 4.78 is 7.39. The smallest absolute Gasteiger partial charge is 0.159 e. The summed E-state index contributed by atoms with van der Waals surface area (Å²) in [6.45, 7) is 8.79. The average Bonchev–Trinajstić information content (AvgIpc) is 1.02. The first-order valence-corrected chi connectivity index (χ1v) is 30.9. The van der Waals surface area contributed by atoms with Gasteiger partial charge in [0.25, 0.3) is 0 Å². The summed E-state index contributed by atoms with van der Waals surface area (Å²) in [5, 5.41) is 23.0. The number of fused-ring (bicyclic) bond motifs is 3. The van der Waals surface area contributed by atoms with Crippen LogP contribution in [0.3, 0.4) is 0 Å². The molecule has 1 heterocycles. The molecule has 4 nitrogen and oxygen atoms in total. The maximum atomic E-state index is 13.1. The van der Waals surface area contributed by atoms with Gasteiger partial charge < -0.3 is 19.3 Å². The number of hydrogen-bond donors (Lipinski definition) is 1. The molecule has 0 unspecified atom stereocenters. The second-order valence-electron chi connectivity index (χ2n) is 24.1. The third-order valence-electron chi connectivity index (χ3n) is 19.1. The first kappa shape index (κ1) is 51.7. The lowest BCUT2D eigenvalue weighted by atomic mass is 9.82. The van der Waals surface area contributed by atoms with E-state index in [1.165, 1.54) is 115 Å². The van der Waals surface area contributed by atoms with Gasteiger partial charge in [0.05, 0.1) is 22.7 Å². The van der Waals surface area contributed by atoms with E-state index in [-0.39, 0.29) is 5.75 Å². The Morgan fingerprint density at radius 2 is 0.821 bits per heavy atom. The maximum absolute atomic E-state index is 13.1. The molecule has 412 valence electrons. The van der Waals surface area contributed by atoms with Crippen molar-refractivity contribution < 1.29 is 9.52 Å². The fourth-order valence-electron chi connectivity index (χ4n) is 14.9. The fraction of sp³-hybridized carbons (Fsp3) is 0.200. The first-order chi connectivity index (χ1) is 41.3. The van der Waals surface area contributed by atoms with Crippen molar-refractivity contribution in [2.75, 3.05) is 9.80 Å². The number of phenolic OH excluding ortho intramolecular Hbond substituents is 1. The summed E-state index contributed by atoms with van der Waals surface area (Å²) in [7, 11) is 0. The molecule has 0 atom stereocenters. The second-order valence-corrected chi connectivity index (χ2v) is 24.1. The first-order valence-electron chi connectivity index (χ1n) is 30.9. The van der Waals surface area contributed by atoms with E-state index in [2.05, 4.69) is 250 Å². The van der Waals surface area contributed by atoms with Gasteiger partial charge in [-0.1, -0.05) is 208 Å². The van der Waals surface area contributed by atoms with Crippen molar-refractivity contribution in [1.82, 2.24) is 0 Å². The van der Waals surface area contributed by atoms with Gasteiger partial charge in [-0.05, 0) is 185 Å². The van der Waals surface area contributed by atoms with Gasteiger partial charge >= 0.3 is 0 Å². The Morgan fingerprint density at radius 1 is 0.381 bits per heavy atom. The molecule has 1 N–H and O–H groups in total. The summed E-state index contributed by atoms with van der Waals surface area (Å²) in [6, 6.07) is 78.7. The zero-order valence-corrected chi connectivity index (χ0v) is 48.7. The van der Waals surface area contributed by atoms with E-state index in [1.807, 2.05) is 0 Å². The Labute approximate surface area is 493 Å². The van der Waals surface area contributed by atoms with Crippen LogP contribution in [-0.4, -0.2) is 5.11 Å². The van der Waals surface area contributed by atoms with Gasteiger partial charge in [-0.15, -0.1) is 0 Å². The van der Waals surface area contributed by atoms with E-state index in [9.17, 15) is 5.11 Å². The fourth-order valence-corrected chi connectivity index (χ4v) is 14.9.